The van der Waals surface area contributed by atoms with Gasteiger partial charge < -0.3 is 42.1 Å². The Balaban J connectivity index is 0.000000265. The number of aliphatic hydroxyl groups is 1. The fourth-order valence-electron chi connectivity index (χ4n) is 8.83. The molecule has 0 saturated heterocycles. The molecule has 3 atom stereocenters. The minimum atomic E-state index is -5.93. The summed E-state index contributed by atoms with van der Waals surface area (Å²) in [4.78, 5) is 34.4. The summed E-state index contributed by atoms with van der Waals surface area (Å²) < 4.78 is 252. The first kappa shape index (κ1) is 88.8. The molecule has 3 aliphatic heterocycles. The highest BCUT2D eigenvalue weighted by molar-refractivity contribution is 7.87. The molecule has 3 heterocycles. The number of anilines is 3. The van der Waals surface area contributed by atoms with E-state index in [2.05, 4.69) is 40.3 Å². The van der Waals surface area contributed by atoms with Gasteiger partial charge in [-0.15, -0.1) is 6.42 Å². The van der Waals surface area contributed by atoms with Gasteiger partial charge in [-0.05, 0) is 94.6 Å². The molecule has 574 valence electrons. The first-order valence-corrected chi connectivity index (χ1v) is 36.0. The Hall–Kier alpha value is -8.81. The minimum Gasteiger partial charge on any atom is -0.415 e. The van der Waals surface area contributed by atoms with Gasteiger partial charge in [0.15, 0.2) is 6.35 Å². The van der Waals surface area contributed by atoms with Crippen LogP contribution in [0.5, 0.6) is 0 Å². The van der Waals surface area contributed by atoms with Gasteiger partial charge in [0.2, 0.25) is 0 Å². The molecule has 0 aliphatic carbocycles. The Bertz CT molecular complexity index is 4500. The van der Waals surface area contributed by atoms with Crippen molar-refractivity contribution in [2.24, 2.45) is 0 Å². The Kier molecular flexibility index (Phi) is 31.8. The first-order chi connectivity index (χ1) is 49.8. The van der Waals surface area contributed by atoms with Crippen molar-refractivity contribution in [1.29, 1.82) is 0 Å². The number of fused-ring (bicyclic) bond motifs is 3. The van der Waals surface area contributed by atoms with Gasteiger partial charge in [-0.1, -0.05) is 189 Å². The molecular formula is C69H60Cl3F12N3O17P2S. The molecule has 7 aromatic carbocycles. The van der Waals surface area contributed by atoms with Crippen LogP contribution in [0.1, 0.15) is 60.2 Å². The molecular weight excluding hydrogens is 1570 g/mol. The first-order valence-electron chi connectivity index (χ1n) is 30.0. The number of ether oxygens (including phenoxy) is 4. The monoisotopic (exact) mass is 1630 g/mol. The third kappa shape index (κ3) is 23.8. The molecule has 3 amide bonds. The van der Waals surface area contributed by atoms with Gasteiger partial charge in [-0.2, -0.15) is 61.1 Å². The molecule has 0 fully saturated rings. The van der Waals surface area contributed by atoms with Crippen LogP contribution in [-0.4, -0.2) is 81.8 Å². The van der Waals surface area contributed by atoms with Gasteiger partial charge in [-0.25, -0.2) is 14.4 Å². The SMILES string of the molecule is C.C#C[C@]1(C(F)(F)F)OC(=O)Nc2ccc(Cl)cc21.CC.O=C1Nc2ccc(Cl)cc2[C@@](C#CCO)(C(F)(F)F)O1.O=C1Nc2ccc(Cl)cc2[C@@](C#CCOCP(=O)(OCc2ccccc2)OCc2ccccc2)(C(F)(F)F)O1.O=P(COS(=O)(=O)C(F)(F)F)(OCc1ccccc1)OCc1ccccc1. The van der Waals surface area contributed by atoms with Gasteiger partial charge in [0, 0.05) is 31.8 Å². The summed E-state index contributed by atoms with van der Waals surface area (Å²) >= 11 is 17.2. The molecule has 0 saturated carbocycles. The van der Waals surface area contributed by atoms with E-state index in [0.29, 0.717) is 11.1 Å². The van der Waals surface area contributed by atoms with Gasteiger partial charge >= 0.3 is 67.6 Å². The lowest BCUT2D eigenvalue weighted by Crippen LogP contribution is -2.49. The fourth-order valence-corrected chi connectivity index (χ4v) is 12.7. The van der Waals surface area contributed by atoms with Crippen molar-refractivity contribution in [2.45, 2.75) is 88.5 Å². The number of amides is 3. The quantitative estimate of drug-likeness (QED) is 0.0118. The molecule has 107 heavy (non-hydrogen) atoms. The number of benzene rings is 7. The maximum absolute atomic E-state index is 14.2. The number of rotatable bonds is 18. The Labute approximate surface area is 619 Å². The maximum atomic E-state index is 14.2. The van der Waals surface area contributed by atoms with Crippen molar-refractivity contribution in [3.8, 4) is 36.0 Å². The van der Waals surface area contributed by atoms with Crippen molar-refractivity contribution in [3.63, 3.8) is 0 Å². The number of terminal acetylenes is 1. The topological polar surface area (TPSA) is 259 Å². The number of carbonyl (C=O) groups excluding carboxylic acids is 3. The van der Waals surface area contributed by atoms with Crippen LogP contribution in [-0.2, 0) is 104 Å². The van der Waals surface area contributed by atoms with E-state index in [0.717, 1.165) is 29.3 Å². The standard InChI is InChI=1S/C27H22ClF3NO6P.C16H16F3O6PS.C12H7ClF3NO3.C11H5ClF3NO2.C2H6.CH4/c28-22-12-13-24-23(16-22)26(27(29,30)31,38-25(33)32-24)14-7-15-35-19-39(34,36-17-20-8-3-1-4-9-20)37-18-21-10-5-2-6-11-21;17-16(18,19)27(21,22)25-13-26(20,23-11-14-7-3-1-4-8-14)24-12-15-9-5-2-6-10-15;13-7-2-3-9-8(6-7)11(4-1-5-18,12(14,15)16)20-10(19)17-9;1-2-10(11(13,14)15)7-5-6(12)3-4-8(7)16-9(17)18-10;1-2;/h1-6,8-13,16H,15,17-19H2,(H,32,33);1-10H,11-13H2;2-3,6,18H,5H2,(H,17,19);1,3-5H,(H,16,17);1-2H3;1H4/t26-;;11-;10-;;/m0.00../s1. The minimum absolute atomic E-state index is 0. The van der Waals surface area contributed by atoms with E-state index in [4.69, 9.17) is 69.2 Å². The van der Waals surface area contributed by atoms with Crippen molar-refractivity contribution in [3.05, 3.63) is 230 Å². The predicted molar refractivity (Wildman–Crippen MR) is 369 cm³/mol. The molecule has 20 nitrogen and oxygen atoms in total. The molecule has 7 aromatic rings. The number of carbonyl (C=O) groups is 3. The summed E-state index contributed by atoms with van der Waals surface area (Å²) in [5.74, 6) is 9.37. The lowest BCUT2D eigenvalue weighted by molar-refractivity contribution is -0.239. The van der Waals surface area contributed by atoms with Gasteiger partial charge in [0.25, 0.3) is 16.8 Å². The van der Waals surface area contributed by atoms with Crippen LogP contribution in [0.4, 0.5) is 84.1 Å². The number of hydrogen-bond donors (Lipinski definition) is 4. The van der Waals surface area contributed by atoms with E-state index >= 15 is 0 Å². The highest BCUT2D eigenvalue weighted by Crippen LogP contribution is 2.54. The second-order valence-corrected chi connectivity index (χ2v) is 27.8. The van der Waals surface area contributed by atoms with Crippen LogP contribution in [0, 0.1) is 36.0 Å². The van der Waals surface area contributed by atoms with E-state index in [1.807, 2.05) is 37.8 Å². The van der Waals surface area contributed by atoms with Crippen LogP contribution < -0.4 is 16.0 Å². The lowest BCUT2D eigenvalue weighted by Gasteiger charge is -2.35. The third-order valence-electron chi connectivity index (χ3n) is 13.7. The number of hydrogen-bond acceptors (Lipinski definition) is 17. The largest absolute Gasteiger partial charge is 0.523 e. The summed E-state index contributed by atoms with van der Waals surface area (Å²) in [7, 11) is -14.1. The Morgan fingerprint density at radius 1 is 0.477 bits per heavy atom. The van der Waals surface area contributed by atoms with Gasteiger partial charge in [0.1, 0.15) is 19.6 Å². The molecule has 0 radical (unpaired) electrons. The van der Waals surface area contributed by atoms with Crippen molar-refractivity contribution in [2.75, 3.05) is 41.9 Å². The molecule has 0 spiro atoms. The highest BCUT2D eigenvalue weighted by Gasteiger charge is 2.64. The summed E-state index contributed by atoms with van der Waals surface area (Å²) in [6.45, 7) is 1.99. The zero-order chi connectivity index (χ0) is 78.4. The molecule has 10 rings (SSSR count). The van der Waals surface area contributed by atoms with E-state index < -0.39 is 127 Å². The summed E-state index contributed by atoms with van der Waals surface area (Å²) in [5.41, 5.74) is -14.2. The van der Waals surface area contributed by atoms with Gasteiger partial charge in [0.05, 0.1) is 43.5 Å². The Morgan fingerprint density at radius 3 is 1.06 bits per heavy atom. The van der Waals surface area contributed by atoms with Crippen molar-refractivity contribution in [1.82, 2.24) is 0 Å². The van der Waals surface area contributed by atoms with Crippen LogP contribution in [0.25, 0.3) is 0 Å². The lowest BCUT2D eigenvalue weighted by atomic mass is 9.90. The normalized spacial score (nSPS) is 17.2. The van der Waals surface area contributed by atoms with Crippen LogP contribution in [0.15, 0.2) is 176 Å². The van der Waals surface area contributed by atoms with E-state index in [-0.39, 0.29) is 66.0 Å². The van der Waals surface area contributed by atoms with Crippen molar-refractivity contribution >= 4 is 95.5 Å². The maximum Gasteiger partial charge on any atom is 0.523 e. The van der Waals surface area contributed by atoms with E-state index in [1.54, 1.807) is 115 Å². The summed E-state index contributed by atoms with van der Waals surface area (Å²) in [6.07, 6.45) is -16.0. The zero-order valence-corrected chi connectivity index (χ0v) is 59.3. The van der Waals surface area contributed by atoms with E-state index in [1.165, 1.54) is 42.3 Å². The second kappa shape index (κ2) is 38.3. The molecule has 0 bridgehead atoms. The van der Waals surface area contributed by atoms with Crippen molar-refractivity contribution < 1.29 is 131 Å². The zero-order valence-electron chi connectivity index (χ0n) is 54.4. The van der Waals surface area contributed by atoms with Gasteiger partial charge in [-0.3, -0.25) is 29.3 Å². The van der Waals surface area contributed by atoms with Crippen LogP contribution in [0.3, 0.4) is 0 Å². The molecule has 3 aliphatic rings. The van der Waals surface area contributed by atoms with Crippen LogP contribution >= 0.6 is 50.0 Å². The summed E-state index contributed by atoms with van der Waals surface area (Å²) in [5, 5.41) is 15.2. The molecule has 38 heteroatoms. The Morgan fingerprint density at radius 2 is 0.766 bits per heavy atom. The predicted octanol–water partition coefficient (Wildman–Crippen LogP) is 19.3. The third-order valence-corrected chi connectivity index (χ3v) is 18.6. The average Bonchev–Trinajstić information content (AvgIpc) is 0.750. The smallest absolute Gasteiger partial charge is 0.415 e. The average molecular weight is 1630 g/mol. The summed E-state index contributed by atoms with van der Waals surface area (Å²) in [6, 6.07) is 45.3. The molecule has 0 aromatic heterocycles. The number of aliphatic hydroxyl groups excluding tert-OH is 1. The van der Waals surface area contributed by atoms with E-state index in [9.17, 15) is 84.6 Å². The number of alkyl halides is 12. The second-order valence-electron chi connectivity index (χ2n) is 20.9. The number of cyclic esters (lactones) is 3. The molecule has 0 unspecified atom stereocenters. The highest BCUT2D eigenvalue weighted by atomic mass is 35.5. The molecule has 4 N–H and O–H groups in total. The fraction of sp³-hybridized carbons (Fsp3) is 0.261. The number of nitrogens with one attached hydrogen (secondary N) is 3. The van der Waals surface area contributed by atoms with Crippen LogP contribution in [0.2, 0.25) is 15.1 Å². The number of halogens is 15.